The van der Waals surface area contributed by atoms with Crippen molar-refractivity contribution in [3.63, 3.8) is 0 Å². The molecule has 0 aromatic rings. The van der Waals surface area contributed by atoms with Crippen LogP contribution in [0.2, 0.25) is 0 Å². The van der Waals surface area contributed by atoms with Crippen molar-refractivity contribution in [2.75, 3.05) is 6.54 Å². The second-order valence-corrected chi connectivity index (χ2v) is 4.74. The maximum absolute atomic E-state index is 11.7. The molecule has 0 unspecified atom stereocenters. The van der Waals surface area contributed by atoms with Gasteiger partial charge in [0.25, 0.3) is 5.91 Å². The molecular formula is C13H19NO2. The second kappa shape index (κ2) is 5.28. The predicted molar refractivity (Wildman–Crippen MR) is 61.7 cm³/mol. The summed E-state index contributed by atoms with van der Waals surface area (Å²) in [6.45, 7) is 0.604. The van der Waals surface area contributed by atoms with Crippen LogP contribution in [-0.4, -0.2) is 23.3 Å². The van der Waals surface area contributed by atoms with Gasteiger partial charge in [-0.15, -0.1) is 0 Å². The molecule has 0 aromatic heterocycles. The van der Waals surface area contributed by atoms with E-state index in [0.29, 0.717) is 18.9 Å². The molecule has 2 rings (SSSR count). The minimum absolute atomic E-state index is 0.0155. The summed E-state index contributed by atoms with van der Waals surface area (Å²) in [4.78, 5) is 24.4. The summed E-state index contributed by atoms with van der Waals surface area (Å²) >= 11 is 0. The average Bonchev–Trinajstić information content (AvgIpc) is 2.74. The Morgan fingerprint density at radius 3 is 2.56 bits per heavy atom. The fourth-order valence-electron chi connectivity index (χ4n) is 2.52. The van der Waals surface area contributed by atoms with Crippen LogP contribution in [0.4, 0.5) is 0 Å². The van der Waals surface area contributed by atoms with Crippen molar-refractivity contribution in [1.29, 1.82) is 0 Å². The number of amides is 2. The van der Waals surface area contributed by atoms with Crippen LogP contribution >= 0.6 is 0 Å². The van der Waals surface area contributed by atoms with Gasteiger partial charge < -0.3 is 0 Å². The minimum Gasteiger partial charge on any atom is -0.279 e. The average molecular weight is 221 g/mol. The Kier molecular flexibility index (Phi) is 3.75. The van der Waals surface area contributed by atoms with Crippen molar-refractivity contribution in [2.45, 2.75) is 44.9 Å². The minimum atomic E-state index is -0.118. The summed E-state index contributed by atoms with van der Waals surface area (Å²) in [7, 11) is 0. The van der Waals surface area contributed by atoms with Gasteiger partial charge in [-0.2, -0.15) is 0 Å². The molecule has 0 radical (unpaired) electrons. The Labute approximate surface area is 96.5 Å². The highest BCUT2D eigenvalue weighted by Gasteiger charge is 2.24. The number of hydrogen-bond acceptors (Lipinski definition) is 2. The lowest BCUT2D eigenvalue weighted by molar-refractivity contribution is -0.138. The molecule has 3 heteroatoms. The Morgan fingerprint density at radius 1 is 1.19 bits per heavy atom. The molecule has 1 aliphatic carbocycles. The largest absolute Gasteiger partial charge is 0.279 e. The molecule has 1 saturated carbocycles. The molecule has 88 valence electrons. The standard InChI is InChI=1S/C13H19NO2/c15-12-7-4-10-14(12)13(16)9-8-11-5-2-1-3-6-11/h8-9,11H,1-7,10H2/b9-8+. The lowest BCUT2D eigenvalue weighted by Gasteiger charge is -2.18. The summed E-state index contributed by atoms with van der Waals surface area (Å²) in [5, 5.41) is 0. The molecule has 1 saturated heterocycles. The number of carbonyl (C=O) groups excluding carboxylic acids is 2. The quantitative estimate of drug-likeness (QED) is 0.671. The first-order valence-corrected chi connectivity index (χ1v) is 6.30. The van der Waals surface area contributed by atoms with Crippen molar-refractivity contribution in [2.24, 2.45) is 5.92 Å². The van der Waals surface area contributed by atoms with Crippen LogP contribution in [-0.2, 0) is 9.59 Å². The summed E-state index contributed by atoms with van der Waals surface area (Å²) in [6.07, 6.45) is 11.2. The number of carbonyl (C=O) groups is 2. The van der Waals surface area contributed by atoms with Crippen LogP contribution in [0.15, 0.2) is 12.2 Å². The number of allylic oxidation sites excluding steroid dienone is 1. The summed E-state index contributed by atoms with van der Waals surface area (Å²) < 4.78 is 0. The highest BCUT2D eigenvalue weighted by atomic mass is 16.2. The van der Waals surface area contributed by atoms with E-state index in [0.717, 1.165) is 6.42 Å². The highest BCUT2D eigenvalue weighted by molar-refractivity contribution is 6.01. The summed E-state index contributed by atoms with van der Waals surface area (Å²) in [5.41, 5.74) is 0. The van der Waals surface area contributed by atoms with E-state index in [1.54, 1.807) is 6.08 Å². The van der Waals surface area contributed by atoms with Crippen LogP contribution < -0.4 is 0 Å². The number of likely N-dealkylation sites (tertiary alicyclic amines) is 1. The van der Waals surface area contributed by atoms with Gasteiger partial charge in [-0.25, -0.2) is 0 Å². The first kappa shape index (κ1) is 11.4. The zero-order valence-corrected chi connectivity index (χ0v) is 9.65. The normalized spacial score (nSPS) is 23.2. The van der Waals surface area contributed by atoms with Crippen LogP contribution in [0.1, 0.15) is 44.9 Å². The van der Waals surface area contributed by atoms with Gasteiger partial charge in [-0.05, 0) is 31.3 Å². The van der Waals surface area contributed by atoms with E-state index in [-0.39, 0.29) is 11.8 Å². The Bertz CT molecular complexity index is 303. The predicted octanol–water partition coefficient (Wildman–Crippen LogP) is 2.27. The molecule has 1 aliphatic heterocycles. The molecule has 2 amide bonds. The van der Waals surface area contributed by atoms with Gasteiger partial charge in [0.1, 0.15) is 0 Å². The molecule has 2 aliphatic rings. The SMILES string of the molecule is O=C(/C=C/C1CCCCC1)N1CCCC1=O. The second-order valence-electron chi connectivity index (χ2n) is 4.74. The third-order valence-electron chi connectivity index (χ3n) is 3.50. The molecule has 0 bridgehead atoms. The lowest BCUT2D eigenvalue weighted by Crippen LogP contribution is -2.30. The number of imide groups is 1. The maximum atomic E-state index is 11.7. The van der Waals surface area contributed by atoms with E-state index in [1.165, 1.54) is 37.0 Å². The van der Waals surface area contributed by atoms with Gasteiger partial charge in [0.05, 0.1) is 0 Å². The van der Waals surface area contributed by atoms with Crippen LogP contribution in [0.5, 0.6) is 0 Å². The van der Waals surface area contributed by atoms with Crippen molar-refractivity contribution < 1.29 is 9.59 Å². The van der Waals surface area contributed by atoms with Crippen molar-refractivity contribution in [3.8, 4) is 0 Å². The van der Waals surface area contributed by atoms with Crippen molar-refractivity contribution in [3.05, 3.63) is 12.2 Å². The van der Waals surface area contributed by atoms with E-state index in [4.69, 9.17) is 0 Å². The molecular weight excluding hydrogens is 202 g/mol. The van der Waals surface area contributed by atoms with Crippen LogP contribution in [0, 0.1) is 5.92 Å². The Morgan fingerprint density at radius 2 is 1.94 bits per heavy atom. The molecule has 2 fully saturated rings. The van der Waals surface area contributed by atoms with E-state index in [9.17, 15) is 9.59 Å². The van der Waals surface area contributed by atoms with Gasteiger partial charge in [-0.3, -0.25) is 14.5 Å². The number of hydrogen-bond donors (Lipinski definition) is 0. The van der Waals surface area contributed by atoms with E-state index in [1.807, 2.05) is 6.08 Å². The van der Waals surface area contributed by atoms with Crippen molar-refractivity contribution in [1.82, 2.24) is 4.90 Å². The molecule has 0 spiro atoms. The van der Waals surface area contributed by atoms with E-state index < -0.39 is 0 Å². The van der Waals surface area contributed by atoms with Gasteiger partial charge in [0.15, 0.2) is 0 Å². The molecule has 3 nitrogen and oxygen atoms in total. The lowest BCUT2D eigenvalue weighted by atomic mass is 9.89. The molecule has 0 aromatic carbocycles. The Balaban J connectivity index is 1.85. The molecule has 1 heterocycles. The van der Waals surface area contributed by atoms with Crippen molar-refractivity contribution >= 4 is 11.8 Å². The van der Waals surface area contributed by atoms with E-state index >= 15 is 0 Å². The molecule has 0 atom stereocenters. The smallest absolute Gasteiger partial charge is 0.252 e. The van der Waals surface area contributed by atoms with Gasteiger partial charge in [0, 0.05) is 13.0 Å². The third kappa shape index (κ3) is 2.71. The first-order valence-electron chi connectivity index (χ1n) is 6.30. The van der Waals surface area contributed by atoms with Gasteiger partial charge >= 0.3 is 0 Å². The third-order valence-corrected chi connectivity index (χ3v) is 3.50. The first-order chi connectivity index (χ1) is 7.77. The fourth-order valence-corrected chi connectivity index (χ4v) is 2.52. The zero-order valence-electron chi connectivity index (χ0n) is 9.65. The van der Waals surface area contributed by atoms with E-state index in [2.05, 4.69) is 0 Å². The topological polar surface area (TPSA) is 37.4 Å². The van der Waals surface area contributed by atoms with Crippen LogP contribution in [0.3, 0.4) is 0 Å². The zero-order chi connectivity index (χ0) is 11.4. The van der Waals surface area contributed by atoms with Gasteiger partial charge in [0.2, 0.25) is 5.91 Å². The summed E-state index contributed by atoms with van der Waals surface area (Å²) in [5.74, 6) is 0.418. The Hall–Kier alpha value is -1.12. The van der Waals surface area contributed by atoms with Gasteiger partial charge in [-0.1, -0.05) is 25.3 Å². The summed E-state index contributed by atoms with van der Waals surface area (Å²) in [6, 6.07) is 0. The highest BCUT2D eigenvalue weighted by Crippen LogP contribution is 2.24. The number of rotatable bonds is 2. The fraction of sp³-hybridized carbons (Fsp3) is 0.692. The molecule has 16 heavy (non-hydrogen) atoms. The monoisotopic (exact) mass is 221 g/mol. The maximum Gasteiger partial charge on any atom is 0.252 e. The van der Waals surface area contributed by atoms with Crippen LogP contribution in [0.25, 0.3) is 0 Å². The molecule has 0 N–H and O–H groups in total. The number of nitrogens with zero attached hydrogens (tertiary/aromatic N) is 1.